The van der Waals surface area contributed by atoms with Gasteiger partial charge in [0, 0.05) is 13.1 Å². The van der Waals surface area contributed by atoms with Gasteiger partial charge in [-0.25, -0.2) is 9.18 Å². The molecular formula is C37H39FN2O2. The van der Waals surface area contributed by atoms with E-state index in [4.69, 9.17) is 0 Å². The first-order valence-electron chi connectivity index (χ1n) is 15.0. The highest BCUT2D eigenvalue weighted by Gasteiger charge is 2.13. The topological polar surface area (TPSA) is 61.4 Å². The van der Waals surface area contributed by atoms with Gasteiger partial charge in [-0.2, -0.15) is 0 Å². The summed E-state index contributed by atoms with van der Waals surface area (Å²) in [4.78, 5) is 12.0. The smallest absolute Gasteiger partial charge is 0.336 e. The zero-order valence-electron chi connectivity index (χ0n) is 24.0. The molecule has 5 heteroatoms. The summed E-state index contributed by atoms with van der Waals surface area (Å²) in [6.45, 7) is 1.64. The summed E-state index contributed by atoms with van der Waals surface area (Å²) >= 11 is 0. The van der Waals surface area contributed by atoms with Gasteiger partial charge in [0.25, 0.3) is 0 Å². The van der Waals surface area contributed by atoms with Gasteiger partial charge in [-0.15, -0.1) is 0 Å². The van der Waals surface area contributed by atoms with E-state index in [1.54, 1.807) is 24.3 Å². The molecule has 3 N–H and O–H groups in total. The van der Waals surface area contributed by atoms with Crippen LogP contribution in [0, 0.1) is 11.7 Å². The Hall–Kier alpha value is -4.38. The SMILES string of the molecule is O=C(O)c1ccc(-c2ccc(F)cc2)cc1/C=C/c1ccc(NCCCC2CCCCC2)c(NCc2ccccc2)c1. The third-order valence-electron chi connectivity index (χ3n) is 8.11. The van der Waals surface area contributed by atoms with Gasteiger partial charge < -0.3 is 15.7 Å². The van der Waals surface area contributed by atoms with Gasteiger partial charge in [0.2, 0.25) is 0 Å². The van der Waals surface area contributed by atoms with Crippen LogP contribution in [0.15, 0.2) is 91.0 Å². The Morgan fingerprint density at radius 3 is 2.33 bits per heavy atom. The van der Waals surface area contributed by atoms with E-state index in [0.717, 1.165) is 46.9 Å². The molecule has 4 aromatic carbocycles. The molecule has 0 spiro atoms. The summed E-state index contributed by atoms with van der Waals surface area (Å²) in [5.74, 6) is -0.417. The number of aromatic carboxylic acids is 1. The minimum Gasteiger partial charge on any atom is -0.478 e. The molecule has 0 amide bonds. The summed E-state index contributed by atoms with van der Waals surface area (Å²) in [6.07, 6.45) is 13.1. The van der Waals surface area contributed by atoms with E-state index in [1.165, 1.54) is 56.2 Å². The van der Waals surface area contributed by atoms with E-state index in [0.29, 0.717) is 12.1 Å². The lowest BCUT2D eigenvalue weighted by atomic mass is 9.86. The predicted molar refractivity (Wildman–Crippen MR) is 172 cm³/mol. The maximum atomic E-state index is 13.4. The van der Waals surface area contributed by atoms with Crippen LogP contribution in [0.25, 0.3) is 23.3 Å². The van der Waals surface area contributed by atoms with Crippen molar-refractivity contribution in [2.24, 2.45) is 5.92 Å². The lowest BCUT2D eigenvalue weighted by molar-refractivity contribution is 0.0696. The fraction of sp³-hybridized carbons (Fsp3) is 0.270. The summed E-state index contributed by atoms with van der Waals surface area (Å²) in [7, 11) is 0. The predicted octanol–water partition coefficient (Wildman–Crippen LogP) is 9.75. The summed E-state index contributed by atoms with van der Waals surface area (Å²) in [5.41, 5.74) is 6.71. The van der Waals surface area contributed by atoms with Gasteiger partial charge in [0.15, 0.2) is 0 Å². The minimum atomic E-state index is -0.988. The van der Waals surface area contributed by atoms with E-state index in [2.05, 4.69) is 41.0 Å². The molecule has 1 saturated carbocycles. The number of hydrogen-bond acceptors (Lipinski definition) is 3. The van der Waals surface area contributed by atoms with Crippen LogP contribution in [0.5, 0.6) is 0 Å². The Morgan fingerprint density at radius 1 is 0.810 bits per heavy atom. The lowest BCUT2D eigenvalue weighted by Gasteiger charge is -2.21. The second-order valence-electron chi connectivity index (χ2n) is 11.2. The normalized spacial score (nSPS) is 13.7. The Morgan fingerprint density at radius 2 is 1.57 bits per heavy atom. The lowest BCUT2D eigenvalue weighted by Crippen LogP contribution is -2.10. The van der Waals surface area contributed by atoms with E-state index in [-0.39, 0.29) is 11.4 Å². The molecule has 1 fully saturated rings. The second-order valence-corrected chi connectivity index (χ2v) is 11.2. The molecule has 0 unspecified atom stereocenters. The molecule has 1 aliphatic carbocycles. The number of hydrogen-bond donors (Lipinski definition) is 3. The Balaban J connectivity index is 1.34. The van der Waals surface area contributed by atoms with Crippen molar-refractivity contribution in [3.8, 4) is 11.1 Å². The first-order valence-corrected chi connectivity index (χ1v) is 15.0. The molecule has 5 rings (SSSR count). The summed E-state index contributed by atoms with van der Waals surface area (Å²) in [5, 5.41) is 17.1. The largest absolute Gasteiger partial charge is 0.478 e. The highest BCUT2D eigenvalue weighted by molar-refractivity contribution is 5.95. The monoisotopic (exact) mass is 562 g/mol. The van der Waals surface area contributed by atoms with Crippen molar-refractivity contribution in [1.82, 2.24) is 0 Å². The summed E-state index contributed by atoms with van der Waals surface area (Å²) in [6, 6.07) is 28.0. The molecule has 42 heavy (non-hydrogen) atoms. The van der Waals surface area contributed by atoms with Gasteiger partial charge in [0.05, 0.1) is 16.9 Å². The first-order chi connectivity index (χ1) is 20.5. The minimum absolute atomic E-state index is 0.218. The Bertz CT molecular complexity index is 1490. The van der Waals surface area contributed by atoms with Crippen molar-refractivity contribution in [3.05, 3.63) is 119 Å². The molecule has 0 aromatic heterocycles. The number of nitrogens with one attached hydrogen (secondary N) is 2. The molecule has 0 saturated heterocycles. The van der Waals surface area contributed by atoms with E-state index < -0.39 is 5.97 Å². The van der Waals surface area contributed by atoms with E-state index in [1.807, 2.05) is 36.4 Å². The molecule has 0 atom stereocenters. The highest BCUT2D eigenvalue weighted by Crippen LogP contribution is 2.29. The van der Waals surface area contributed by atoms with Crippen molar-refractivity contribution in [2.75, 3.05) is 17.2 Å². The van der Waals surface area contributed by atoms with Crippen molar-refractivity contribution < 1.29 is 14.3 Å². The summed E-state index contributed by atoms with van der Waals surface area (Å²) < 4.78 is 13.4. The molecule has 0 heterocycles. The van der Waals surface area contributed by atoms with Crippen molar-refractivity contribution in [2.45, 2.75) is 51.5 Å². The van der Waals surface area contributed by atoms with E-state index >= 15 is 0 Å². The van der Waals surface area contributed by atoms with Gasteiger partial charge in [-0.3, -0.25) is 0 Å². The van der Waals surface area contributed by atoms with Crippen LogP contribution < -0.4 is 10.6 Å². The molecule has 0 aliphatic heterocycles. The van der Waals surface area contributed by atoms with Gasteiger partial charge >= 0.3 is 5.97 Å². The average Bonchev–Trinajstić information content (AvgIpc) is 3.03. The molecule has 4 aromatic rings. The molecule has 0 bridgehead atoms. The third-order valence-corrected chi connectivity index (χ3v) is 8.11. The zero-order chi connectivity index (χ0) is 29.1. The van der Waals surface area contributed by atoms with Crippen molar-refractivity contribution >= 4 is 29.5 Å². The third kappa shape index (κ3) is 8.10. The number of anilines is 2. The highest BCUT2D eigenvalue weighted by atomic mass is 19.1. The van der Waals surface area contributed by atoms with Crippen LogP contribution in [0.1, 0.15) is 72.0 Å². The van der Waals surface area contributed by atoms with Crippen LogP contribution >= 0.6 is 0 Å². The van der Waals surface area contributed by atoms with E-state index in [9.17, 15) is 14.3 Å². The fourth-order valence-electron chi connectivity index (χ4n) is 5.75. The quantitative estimate of drug-likeness (QED) is 0.119. The number of carboxylic acids is 1. The Kier molecular flexibility index (Phi) is 10.1. The Labute approximate surface area is 248 Å². The van der Waals surface area contributed by atoms with Crippen molar-refractivity contribution in [1.29, 1.82) is 0 Å². The van der Waals surface area contributed by atoms with Gasteiger partial charge in [-0.05, 0) is 83.0 Å². The molecule has 1 aliphatic rings. The maximum absolute atomic E-state index is 13.4. The fourth-order valence-corrected chi connectivity index (χ4v) is 5.75. The van der Waals surface area contributed by atoms with Crippen LogP contribution in [-0.4, -0.2) is 17.6 Å². The average molecular weight is 563 g/mol. The van der Waals surface area contributed by atoms with Crippen LogP contribution in [0.2, 0.25) is 0 Å². The molecular weight excluding hydrogens is 523 g/mol. The molecule has 4 nitrogen and oxygen atoms in total. The maximum Gasteiger partial charge on any atom is 0.336 e. The van der Waals surface area contributed by atoms with Gasteiger partial charge in [-0.1, -0.05) is 98.9 Å². The van der Waals surface area contributed by atoms with Crippen LogP contribution in [-0.2, 0) is 6.54 Å². The van der Waals surface area contributed by atoms with Gasteiger partial charge in [0.1, 0.15) is 5.82 Å². The number of rotatable bonds is 12. The second kappa shape index (κ2) is 14.5. The van der Waals surface area contributed by atoms with Crippen molar-refractivity contribution in [3.63, 3.8) is 0 Å². The van der Waals surface area contributed by atoms with Crippen LogP contribution in [0.3, 0.4) is 0 Å². The molecule has 216 valence electrons. The van der Waals surface area contributed by atoms with Crippen LogP contribution in [0.4, 0.5) is 15.8 Å². The number of carbonyl (C=O) groups is 1. The number of halogens is 1. The number of carboxylic acid groups (broad SMARTS) is 1. The standard InChI is InChI=1S/C37H39FN2O2/c38-33-19-16-30(17-20-33)31-18-21-34(37(41)42)32(25-31)15-13-28-14-22-35(39-23-7-12-27-8-3-1-4-9-27)36(24-28)40-26-29-10-5-2-6-11-29/h2,5-6,10-11,13-22,24-25,27,39-40H,1,3-4,7-9,12,23,26H2,(H,41,42)/b15-13+. The first kappa shape index (κ1) is 29.1. The number of benzene rings is 4. The zero-order valence-corrected chi connectivity index (χ0v) is 24.0. The molecule has 0 radical (unpaired) electrons.